The minimum Gasteiger partial charge on any atom is -0.394 e. The van der Waals surface area contributed by atoms with Crippen LogP contribution in [-0.2, 0) is 133 Å². The average molecular weight is 2170 g/mol. The topological polar surface area (TPSA) is 1030 Å². The Morgan fingerprint density at radius 3 is 0.743 bits per heavy atom. The quantitative estimate of drug-likeness (QED) is 0.0272. The van der Waals surface area contributed by atoms with Gasteiger partial charge in [-0.1, -0.05) is 0 Å². The third kappa shape index (κ3) is 26.9. The Morgan fingerprint density at radius 1 is 0.176 bits per heavy atom. The molecule has 38 N–H and O–H groups in total. The lowest BCUT2D eigenvalue weighted by Crippen LogP contribution is -2.72. The van der Waals surface area contributed by atoms with Crippen LogP contribution in [0.5, 0.6) is 0 Å². The van der Waals surface area contributed by atoms with E-state index in [0.29, 0.717) is 0 Å². The molecule has 0 aromatic rings. The second-order valence-electron chi connectivity index (χ2n) is 37.4. The molecule has 856 valence electrons. The maximum Gasteiger partial charge on any atom is 0.217 e. The van der Waals surface area contributed by atoms with Crippen molar-refractivity contribution in [3.63, 3.8) is 0 Å². The van der Waals surface area contributed by atoms with E-state index in [1.54, 1.807) is 0 Å². The number of amides is 5. The normalized spacial score (nSPS) is 49.3. The van der Waals surface area contributed by atoms with Gasteiger partial charge >= 0.3 is 0 Å². The highest BCUT2D eigenvalue weighted by atomic mass is 16.8. The number of rotatable bonds is 39. The summed E-state index contributed by atoms with van der Waals surface area (Å²) in [5.41, 5.74) is 0. The molecule has 12 aliphatic heterocycles. The molecule has 0 unspecified atom stereocenters. The summed E-state index contributed by atoms with van der Waals surface area (Å²) in [6.45, 7) is -10.4. The lowest BCUT2D eigenvalue weighted by molar-refractivity contribution is -0.414. The van der Waals surface area contributed by atoms with Crippen LogP contribution in [0.1, 0.15) is 34.6 Å². The van der Waals surface area contributed by atoms with Crippen molar-refractivity contribution >= 4 is 29.5 Å². The second kappa shape index (κ2) is 53.4. The summed E-state index contributed by atoms with van der Waals surface area (Å²) >= 11 is 0. The van der Waals surface area contributed by atoms with E-state index in [9.17, 15) is 192 Å². The first-order valence-electron chi connectivity index (χ1n) is 47.2. The van der Waals surface area contributed by atoms with E-state index in [-0.39, 0.29) is 0 Å². The van der Waals surface area contributed by atoms with E-state index in [0.717, 1.165) is 34.6 Å². The number of carbonyl (C=O) groups is 5. The van der Waals surface area contributed by atoms with Crippen LogP contribution in [0.3, 0.4) is 0 Å². The lowest BCUT2D eigenvalue weighted by atomic mass is 9.93. The molecular weight excluding hydrogens is 2030 g/mol. The molecule has 148 heavy (non-hydrogen) atoms. The summed E-state index contributed by atoms with van der Waals surface area (Å²) in [5.74, 6) is -5.21. The summed E-state index contributed by atoms with van der Waals surface area (Å²) in [6.07, 6.45) is -125. The molecule has 0 aromatic heterocycles. The molecule has 12 rings (SSSR count). The Labute approximate surface area is 837 Å². The van der Waals surface area contributed by atoms with Crippen molar-refractivity contribution in [3.05, 3.63) is 0 Å². The molecule has 60 atom stereocenters. The predicted molar refractivity (Wildman–Crippen MR) is 453 cm³/mol. The Bertz CT molecular complexity index is 4130. The largest absolute Gasteiger partial charge is 0.394 e. The van der Waals surface area contributed by atoms with Crippen LogP contribution in [0.15, 0.2) is 0 Å². The first-order chi connectivity index (χ1) is 70.1. The molecule has 0 radical (unpaired) electrons. The Hall–Kier alpha value is -4.89. The van der Waals surface area contributed by atoms with Gasteiger partial charge in [0, 0.05) is 34.6 Å². The van der Waals surface area contributed by atoms with Crippen LogP contribution in [0.25, 0.3) is 0 Å². The summed E-state index contributed by atoms with van der Waals surface area (Å²) in [4.78, 5) is 66.4. The zero-order chi connectivity index (χ0) is 109. The molecule has 66 heteroatoms. The predicted octanol–water partition coefficient (Wildman–Crippen LogP) is -26.4. The van der Waals surface area contributed by atoms with Crippen LogP contribution >= 0.6 is 0 Å². The second-order valence-corrected chi connectivity index (χ2v) is 37.4. The van der Waals surface area contributed by atoms with Gasteiger partial charge in [-0.3, -0.25) is 24.0 Å². The van der Waals surface area contributed by atoms with Crippen molar-refractivity contribution in [2.75, 3.05) is 79.3 Å². The van der Waals surface area contributed by atoms with Gasteiger partial charge in [0.05, 0.1) is 79.3 Å². The molecule has 12 saturated heterocycles. The zero-order valence-corrected chi connectivity index (χ0v) is 79.3. The molecule has 5 amide bonds. The first-order valence-corrected chi connectivity index (χ1v) is 47.2. The van der Waals surface area contributed by atoms with E-state index >= 15 is 0 Å². The highest BCUT2D eigenvalue weighted by molar-refractivity contribution is 5.75. The molecule has 66 nitrogen and oxygen atoms in total. The molecule has 0 aromatic carbocycles. The fraction of sp³-hybridized carbons (Fsp3) is 0.939. The molecule has 0 bridgehead atoms. The zero-order valence-electron chi connectivity index (χ0n) is 79.3. The van der Waals surface area contributed by atoms with Crippen LogP contribution in [0.2, 0.25) is 0 Å². The fourth-order valence-electron chi connectivity index (χ4n) is 19.2. The van der Waals surface area contributed by atoms with Crippen molar-refractivity contribution in [3.8, 4) is 0 Å². The van der Waals surface area contributed by atoms with Gasteiger partial charge in [0.15, 0.2) is 75.5 Å². The number of hydrogen-bond acceptors (Lipinski definition) is 61. The van der Waals surface area contributed by atoms with Gasteiger partial charge in [-0.2, -0.15) is 0 Å². The SMILES string of the molecule is CC(=O)N[C@@H]1[C@@H](O)[C@H](O[C@@H]2O[C@H](CO)[C@@H](O[C@@H]3O[C@H](CO[C@H]4O[C@H](CO[C@H]5O[C@H](CO)[C@@H](O)[C@H](O)[C@@H]5O)[C@@H](O)[C@H](O[C@H]5O[C@H](CO)[C@@H](O)[C@H](O)[C@@H]5O)[C@@H]4O)[C@@H](O[C@@H]4O[C@H](CO)[C@@H](O)[C@H](O)[C@H]4NC(C)=O)[C@H](O[C@H]4O[C@H](CO)[C@@H](O[C@@H]5O[C@H](CO)[C@@H](O[C@@H]6O[C@H](CO)[C@H](O)[C@H](O)[C@H]6O)[C@H](O)[C@H]5NC(C)=O)[C@H](O)[C@@H]4O[C@@H]4O[C@H](CO)[C@@H](O[C@@H]5O[C@H](CO)[C@H](O)[C@H](O)[C@H]5O)[C@H](O)[C@H]4NC(C)=O)[C@@H]3O)[C@H](O)[C@H]2NC(C)=O)[C@@H](CO)O[C@H]1O. The van der Waals surface area contributed by atoms with E-state index in [2.05, 4.69) is 26.6 Å². The monoisotopic (exact) mass is 2170 g/mol. The number of hydrogen-bond donors (Lipinski definition) is 38. The summed E-state index contributed by atoms with van der Waals surface area (Å²) in [7, 11) is 0. The first kappa shape index (κ1) is 122. The van der Waals surface area contributed by atoms with Crippen molar-refractivity contribution in [2.24, 2.45) is 0 Å². The molecule has 12 fully saturated rings. The molecule has 12 heterocycles. The highest BCUT2D eigenvalue weighted by Gasteiger charge is 2.65. The van der Waals surface area contributed by atoms with E-state index in [1.165, 1.54) is 0 Å². The van der Waals surface area contributed by atoms with Crippen LogP contribution < -0.4 is 26.6 Å². The minimum atomic E-state index is -2.96. The maximum absolute atomic E-state index is 13.8. The van der Waals surface area contributed by atoms with Gasteiger partial charge in [-0.15, -0.1) is 0 Å². The van der Waals surface area contributed by atoms with Crippen LogP contribution in [0, 0.1) is 0 Å². The summed E-state index contributed by atoms with van der Waals surface area (Å²) in [5, 5.41) is 387. The van der Waals surface area contributed by atoms with Gasteiger partial charge in [-0.25, -0.2) is 0 Å². The highest BCUT2D eigenvalue weighted by Crippen LogP contribution is 2.44. The molecule has 12 aliphatic rings. The van der Waals surface area contributed by atoms with Gasteiger partial charge in [-0.05, 0) is 0 Å². The van der Waals surface area contributed by atoms with E-state index in [4.69, 9.17) is 109 Å². The van der Waals surface area contributed by atoms with Gasteiger partial charge in [0.1, 0.15) is 293 Å². The van der Waals surface area contributed by atoms with Crippen molar-refractivity contribution in [2.45, 2.75) is 403 Å². The fourth-order valence-corrected chi connectivity index (χ4v) is 19.2. The summed E-state index contributed by atoms with van der Waals surface area (Å²) in [6, 6.07) is -10.4. The van der Waals surface area contributed by atoms with Gasteiger partial charge in [0.2, 0.25) is 29.5 Å². The Balaban J connectivity index is 1.01. The van der Waals surface area contributed by atoms with Gasteiger partial charge < -0.3 is 304 Å². The van der Waals surface area contributed by atoms with E-state index < -0.39 is 477 Å². The molecule has 0 spiro atoms. The Morgan fingerprint density at radius 2 is 0.392 bits per heavy atom. The van der Waals surface area contributed by atoms with Gasteiger partial charge in [0.25, 0.3) is 0 Å². The number of aliphatic hydroxyl groups is 33. The van der Waals surface area contributed by atoms with Crippen molar-refractivity contribution in [1.82, 2.24) is 26.6 Å². The molecule has 0 aliphatic carbocycles. The third-order valence-electron chi connectivity index (χ3n) is 27.1. The van der Waals surface area contributed by atoms with Crippen molar-refractivity contribution in [1.29, 1.82) is 0 Å². The minimum absolute atomic E-state index is 0.831. The Kier molecular flexibility index (Phi) is 43.9. The number of carbonyl (C=O) groups excluding carboxylic acids is 5. The average Bonchev–Trinajstić information content (AvgIpc) is 0.749. The smallest absolute Gasteiger partial charge is 0.217 e. The number of nitrogens with one attached hydrogen (secondary N) is 5. The molecular formula is C82H137N5O61. The standard InChI is InChI=1S/C82H137N5O61/c1-18(98)83-35-47(110)62(28(11-93)128-71(35)125)140-73-37(85-20(3)100)49(112)65(31(14-96)134-73)144-81-61(124)69(67(145-72-36(84-19(2)99)46(109)40(103)23(6-88)129-72)34(139-81)17-127-77-60(123)68(146-80-58(121)54(117)44(107)27(10-92)133-80)45(108)33(138-77)16-126-76-55(118)51(114)41(104)24(7-89)130-76)147-82-70(148-75-39(87-22(5)102)50(113)64(30(13-95)136-75)143-79-57(120)53(116)43(106)26(9-91)132-79)59(122)66(32(15-97)137-82)141-74-38(86-21(4)101)48(111)63(29(12-94)135-74)142-78-56(119)52(115)42(105)25(8-90)131-78/h23-82,88-97,103-125H,6-17H2,1-5H3,(H,83,98)(H,84,99)(H,85,100)(H,86,101)(H,87,102)/t23-,24-,25-,26-,27-,28-,29-,30-,31-,32-,33-,34-,35-,36-,37-,38-,39-,40-,41-,42+,43+,44-,45-,46-,47-,48-,49-,50-,51+,52+,53+,54+,55+,56-,57-,58+,59+,60+,61+,62-,63-,64-,65-,66-,67-,68+,69-,70+,71-,72+,73+,74+,75+,76+,77+,78+,79+,80-,81+,82-/m1/s1. The number of ether oxygens (including phenoxy) is 23. The van der Waals surface area contributed by atoms with Crippen LogP contribution in [0.4, 0.5) is 0 Å². The van der Waals surface area contributed by atoms with Crippen LogP contribution in [-0.4, -0.2) is 645 Å². The number of aliphatic hydroxyl groups excluding tert-OH is 33. The maximum atomic E-state index is 13.8. The van der Waals surface area contributed by atoms with Crippen molar-refractivity contribution < 1.29 is 301 Å². The molecule has 0 saturated carbocycles. The lowest BCUT2D eigenvalue weighted by Gasteiger charge is -2.53. The third-order valence-corrected chi connectivity index (χ3v) is 27.1. The summed E-state index contributed by atoms with van der Waals surface area (Å²) < 4.78 is 140. The van der Waals surface area contributed by atoms with E-state index in [1.807, 2.05) is 0 Å².